The summed E-state index contributed by atoms with van der Waals surface area (Å²) in [6.45, 7) is 0.520. The molecule has 1 aromatic rings. The van der Waals surface area contributed by atoms with Crippen molar-refractivity contribution in [2.24, 2.45) is 0 Å². The summed E-state index contributed by atoms with van der Waals surface area (Å²) in [6, 6.07) is 3.69. The highest BCUT2D eigenvalue weighted by Crippen LogP contribution is 2.44. The third-order valence-corrected chi connectivity index (χ3v) is 2.91. The van der Waals surface area contributed by atoms with Crippen LogP contribution in [0.3, 0.4) is 0 Å². The zero-order chi connectivity index (χ0) is 10.7. The number of hydrogen-bond acceptors (Lipinski definition) is 4. The lowest BCUT2D eigenvalue weighted by Crippen LogP contribution is -2.36. The lowest BCUT2D eigenvalue weighted by molar-refractivity contribution is -0.155. The summed E-state index contributed by atoms with van der Waals surface area (Å²) in [6.07, 6.45) is 4.50. The first-order valence-corrected chi connectivity index (χ1v) is 4.93. The van der Waals surface area contributed by atoms with Gasteiger partial charge in [-0.2, -0.15) is 0 Å². The van der Waals surface area contributed by atoms with Crippen LogP contribution in [0.4, 0.5) is 0 Å². The van der Waals surface area contributed by atoms with Gasteiger partial charge in [0.1, 0.15) is 5.60 Å². The molecule has 80 valence electrons. The normalized spacial score (nSPS) is 17.7. The van der Waals surface area contributed by atoms with Crippen molar-refractivity contribution in [3.63, 3.8) is 0 Å². The Kier molecular flexibility index (Phi) is 2.58. The Labute approximate surface area is 88.2 Å². The minimum absolute atomic E-state index is 0.433. The molecule has 0 aromatic carbocycles. The fourth-order valence-electron chi connectivity index (χ4n) is 1.87. The van der Waals surface area contributed by atoms with Crippen molar-refractivity contribution in [2.75, 3.05) is 7.11 Å². The third-order valence-electron chi connectivity index (χ3n) is 2.91. The molecule has 1 fully saturated rings. The van der Waals surface area contributed by atoms with Crippen LogP contribution >= 0.6 is 0 Å². The Morgan fingerprint density at radius 3 is 2.87 bits per heavy atom. The highest BCUT2D eigenvalue weighted by atomic mass is 16.5. The van der Waals surface area contributed by atoms with Gasteiger partial charge in [0.05, 0.1) is 7.11 Å². The number of carbonyl (C=O) groups excluding carboxylic acids is 1. The average molecular weight is 207 g/mol. The molecule has 15 heavy (non-hydrogen) atoms. The Balaban J connectivity index is 2.29. The molecule has 1 heterocycles. The topological polar surface area (TPSA) is 48.4 Å². The fraction of sp³-hybridized carbons (Fsp3) is 0.455. The predicted octanol–water partition coefficient (Wildman–Crippen LogP) is 1.64. The Hall–Kier alpha value is -1.58. The van der Waals surface area contributed by atoms with Crippen LogP contribution in [0.25, 0.3) is 0 Å². The van der Waals surface area contributed by atoms with E-state index < -0.39 is 5.60 Å². The van der Waals surface area contributed by atoms with Gasteiger partial charge in [0.25, 0.3) is 6.47 Å². The van der Waals surface area contributed by atoms with Crippen molar-refractivity contribution in [1.29, 1.82) is 0 Å². The summed E-state index contributed by atoms with van der Waals surface area (Å²) in [4.78, 5) is 14.5. The van der Waals surface area contributed by atoms with Crippen LogP contribution in [0.2, 0.25) is 0 Å². The maximum atomic E-state index is 10.5. The van der Waals surface area contributed by atoms with E-state index in [0.29, 0.717) is 12.4 Å². The monoisotopic (exact) mass is 207 g/mol. The number of nitrogens with zero attached hydrogens (tertiary/aromatic N) is 1. The lowest BCUT2D eigenvalue weighted by atomic mass is 9.75. The van der Waals surface area contributed by atoms with E-state index in [2.05, 4.69) is 4.98 Å². The third kappa shape index (κ3) is 1.67. The van der Waals surface area contributed by atoms with Gasteiger partial charge in [-0.3, -0.25) is 4.79 Å². The van der Waals surface area contributed by atoms with E-state index >= 15 is 0 Å². The summed E-state index contributed by atoms with van der Waals surface area (Å²) >= 11 is 0. The van der Waals surface area contributed by atoms with E-state index in [1.54, 1.807) is 13.3 Å². The molecule has 1 aromatic heterocycles. The van der Waals surface area contributed by atoms with E-state index in [9.17, 15) is 4.79 Å². The summed E-state index contributed by atoms with van der Waals surface area (Å²) < 4.78 is 10.2. The molecular weight excluding hydrogens is 194 g/mol. The summed E-state index contributed by atoms with van der Waals surface area (Å²) in [5, 5.41) is 0. The molecule has 0 N–H and O–H groups in total. The molecule has 0 unspecified atom stereocenters. The molecule has 0 bridgehead atoms. The second-order valence-corrected chi connectivity index (χ2v) is 3.65. The molecule has 0 atom stereocenters. The predicted molar refractivity (Wildman–Crippen MR) is 53.5 cm³/mol. The number of carbonyl (C=O) groups is 1. The van der Waals surface area contributed by atoms with Crippen LogP contribution in [0, 0.1) is 0 Å². The summed E-state index contributed by atoms with van der Waals surface area (Å²) in [5.74, 6) is 0.549. The number of pyridine rings is 1. The van der Waals surface area contributed by atoms with E-state index in [0.717, 1.165) is 24.8 Å². The molecule has 1 aliphatic carbocycles. The van der Waals surface area contributed by atoms with Gasteiger partial charge < -0.3 is 9.47 Å². The molecule has 0 radical (unpaired) electrons. The quantitative estimate of drug-likeness (QED) is 0.704. The van der Waals surface area contributed by atoms with E-state index in [1.807, 2.05) is 12.1 Å². The first-order valence-electron chi connectivity index (χ1n) is 4.93. The molecular formula is C11H13NO3. The van der Waals surface area contributed by atoms with Crippen LogP contribution in [-0.2, 0) is 15.1 Å². The van der Waals surface area contributed by atoms with Crippen LogP contribution in [-0.4, -0.2) is 18.6 Å². The molecule has 2 rings (SSSR count). The molecule has 1 saturated carbocycles. The van der Waals surface area contributed by atoms with Gasteiger partial charge in [-0.1, -0.05) is 0 Å². The van der Waals surface area contributed by atoms with Crippen molar-refractivity contribution >= 4 is 6.47 Å². The van der Waals surface area contributed by atoms with Crippen molar-refractivity contribution in [2.45, 2.75) is 24.9 Å². The molecule has 1 aliphatic rings. The minimum Gasteiger partial charge on any atom is -0.481 e. The van der Waals surface area contributed by atoms with Crippen LogP contribution in [0.15, 0.2) is 18.3 Å². The zero-order valence-electron chi connectivity index (χ0n) is 8.60. The number of rotatable bonds is 4. The SMILES string of the molecule is COc1cc(C2(OC=O)CCC2)ccn1. The largest absolute Gasteiger partial charge is 0.481 e. The Morgan fingerprint density at radius 2 is 2.33 bits per heavy atom. The van der Waals surface area contributed by atoms with Crippen molar-refractivity contribution in [1.82, 2.24) is 4.98 Å². The smallest absolute Gasteiger partial charge is 0.293 e. The molecule has 0 spiro atoms. The maximum Gasteiger partial charge on any atom is 0.293 e. The molecule has 4 nitrogen and oxygen atoms in total. The summed E-state index contributed by atoms with van der Waals surface area (Å²) in [7, 11) is 1.57. The van der Waals surface area contributed by atoms with Crippen molar-refractivity contribution < 1.29 is 14.3 Å². The molecule has 0 amide bonds. The average Bonchev–Trinajstić information content (AvgIpc) is 2.23. The number of aromatic nitrogens is 1. The van der Waals surface area contributed by atoms with E-state index in [1.165, 1.54) is 0 Å². The van der Waals surface area contributed by atoms with Crippen molar-refractivity contribution in [3.8, 4) is 5.88 Å². The van der Waals surface area contributed by atoms with Crippen LogP contribution in [0.5, 0.6) is 5.88 Å². The fourth-order valence-corrected chi connectivity index (χ4v) is 1.87. The van der Waals surface area contributed by atoms with Crippen molar-refractivity contribution in [3.05, 3.63) is 23.9 Å². The number of methoxy groups -OCH3 is 1. The number of hydrogen-bond donors (Lipinski definition) is 0. The van der Waals surface area contributed by atoms with E-state index in [4.69, 9.17) is 9.47 Å². The molecule has 0 saturated heterocycles. The highest BCUT2D eigenvalue weighted by molar-refractivity contribution is 5.41. The van der Waals surface area contributed by atoms with Gasteiger partial charge in [-0.05, 0) is 25.3 Å². The van der Waals surface area contributed by atoms with Gasteiger partial charge in [-0.25, -0.2) is 4.98 Å². The minimum atomic E-state index is -0.433. The summed E-state index contributed by atoms with van der Waals surface area (Å²) in [5.41, 5.74) is 0.533. The Morgan fingerprint density at radius 1 is 1.53 bits per heavy atom. The van der Waals surface area contributed by atoms with Crippen LogP contribution in [0.1, 0.15) is 24.8 Å². The number of ether oxygens (including phenoxy) is 2. The van der Waals surface area contributed by atoms with Gasteiger partial charge in [0, 0.05) is 17.8 Å². The van der Waals surface area contributed by atoms with Gasteiger partial charge >= 0.3 is 0 Å². The van der Waals surface area contributed by atoms with E-state index in [-0.39, 0.29) is 0 Å². The first kappa shape index (κ1) is 9.96. The van der Waals surface area contributed by atoms with Gasteiger partial charge in [0.2, 0.25) is 5.88 Å². The maximum absolute atomic E-state index is 10.5. The van der Waals surface area contributed by atoms with Crippen LogP contribution < -0.4 is 4.74 Å². The standard InChI is InChI=1S/C11H13NO3/c1-14-10-7-9(3-6-12-10)11(15-8-13)4-2-5-11/h3,6-8H,2,4-5H2,1H3. The highest BCUT2D eigenvalue weighted by Gasteiger charge is 2.41. The molecule has 0 aliphatic heterocycles. The first-order chi connectivity index (χ1) is 7.30. The molecule has 4 heteroatoms. The second kappa shape index (κ2) is 3.88. The Bertz CT molecular complexity index is 361. The van der Waals surface area contributed by atoms with Gasteiger partial charge in [0.15, 0.2) is 0 Å². The van der Waals surface area contributed by atoms with Gasteiger partial charge in [-0.15, -0.1) is 0 Å². The lowest BCUT2D eigenvalue weighted by Gasteiger charge is -2.40. The second-order valence-electron chi connectivity index (χ2n) is 3.65. The zero-order valence-corrected chi connectivity index (χ0v) is 8.60.